The van der Waals surface area contributed by atoms with Gasteiger partial charge in [0.2, 0.25) is 5.91 Å². The number of anilines is 1. The summed E-state index contributed by atoms with van der Waals surface area (Å²) >= 11 is 3.28. The fraction of sp³-hybridized carbons (Fsp3) is 0.0667. The first-order valence-corrected chi connectivity index (χ1v) is 6.87. The molecule has 108 valence electrons. The highest BCUT2D eigenvalue weighted by atomic mass is 79.9. The van der Waals surface area contributed by atoms with Crippen molar-refractivity contribution in [3.63, 3.8) is 0 Å². The normalized spacial score (nSPS) is 10.1. The van der Waals surface area contributed by atoms with E-state index in [9.17, 15) is 9.59 Å². The third-order valence-electron chi connectivity index (χ3n) is 2.84. The van der Waals surface area contributed by atoms with Gasteiger partial charge in [-0.05, 0) is 35.9 Å². The van der Waals surface area contributed by atoms with E-state index in [1.54, 1.807) is 42.5 Å². The van der Waals surface area contributed by atoms with E-state index in [4.69, 9.17) is 16.2 Å². The van der Waals surface area contributed by atoms with Gasteiger partial charge < -0.3 is 16.2 Å². The Morgan fingerprint density at radius 3 is 2.38 bits per heavy atom. The van der Waals surface area contributed by atoms with Crippen LogP contribution >= 0.6 is 15.9 Å². The molecule has 0 atom stereocenters. The van der Waals surface area contributed by atoms with Gasteiger partial charge in [-0.2, -0.15) is 0 Å². The van der Waals surface area contributed by atoms with E-state index >= 15 is 0 Å². The molecule has 2 aromatic rings. The molecule has 0 fully saturated rings. The molecule has 1 amide bonds. The summed E-state index contributed by atoms with van der Waals surface area (Å²) < 4.78 is 5.94. The van der Waals surface area contributed by atoms with Crippen LogP contribution in [-0.4, -0.2) is 11.9 Å². The third-order valence-corrected chi connectivity index (χ3v) is 3.34. The summed E-state index contributed by atoms with van der Waals surface area (Å²) in [7, 11) is 0. The largest absolute Gasteiger partial charge is 0.457 e. The van der Waals surface area contributed by atoms with Crippen LogP contribution in [0.2, 0.25) is 0 Å². The van der Waals surface area contributed by atoms with Crippen molar-refractivity contribution >= 4 is 33.5 Å². The van der Waals surface area contributed by atoms with Crippen molar-refractivity contribution < 1.29 is 14.3 Å². The quantitative estimate of drug-likeness (QED) is 0.655. The number of primary amides is 1. The molecular formula is C15H13BrN2O3. The minimum atomic E-state index is -0.507. The number of esters is 1. The minimum Gasteiger partial charge on any atom is -0.457 e. The fourth-order valence-electron chi connectivity index (χ4n) is 1.70. The summed E-state index contributed by atoms with van der Waals surface area (Å²) in [6, 6.07) is 11.5. The number of halogens is 1. The van der Waals surface area contributed by atoms with Crippen LogP contribution < -0.4 is 11.5 Å². The van der Waals surface area contributed by atoms with Gasteiger partial charge in [-0.3, -0.25) is 4.79 Å². The van der Waals surface area contributed by atoms with Crippen molar-refractivity contribution in [2.75, 3.05) is 5.73 Å². The lowest BCUT2D eigenvalue weighted by Gasteiger charge is -2.08. The first-order valence-electron chi connectivity index (χ1n) is 6.08. The molecule has 0 bridgehead atoms. The summed E-state index contributed by atoms with van der Waals surface area (Å²) in [5.41, 5.74) is 12.7. The molecule has 4 N–H and O–H groups in total. The molecule has 0 heterocycles. The zero-order chi connectivity index (χ0) is 15.4. The lowest BCUT2D eigenvalue weighted by atomic mass is 10.1. The van der Waals surface area contributed by atoms with Gasteiger partial charge in [0.1, 0.15) is 6.61 Å². The molecule has 0 aliphatic heterocycles. The van der Waals surface area contributed by atoms with Crippen LogP contribution in [0.3, 0.4) is 0 Å². The molecule has 0 aromatic heterocycles. The van der Waals surface area contributed by atoms with Crippen molar-refractivity contribution in [1.29, 1.82) is 0 Å². The zero-order valence-electron chi connectivity index (χ0n) is 11.0. The van der Waals surface area contributed by atoms with Gasteiger partial charge >= 0.3 is 5.97 Å². The Hall–Kier alpha value is -2.34. The fourth-order valence-corrected chi connectivity index (χ4v) is 2.06. The van der Waals surface area contributed by atoms with Gasteiger partial charge in [0.25, 0.3) is 0 Å². The maximum atomic E-state index is 12.0. The van der Waals surface area contributed by atoms with E-state index in [0.717, 1.165) is 10.0 Å². The average molecular weight is 349 g/mol. The van der Waals surface area contributed by atoms with Crippen LogP contribution in [0.15, 0.2) is 46.9 Å². The predicted molar refractivity (Wildman–Crippen MR) is 82.6 cm³/mol. The number of amides is 1. The van der Waals surface area contributed by atoms with Crippen molar-refractivity contribution in [3.05, 3.63) is 63.6 Å². The van der Waals surface area contributed by atoms with Crippen LogP contribution in [0.1, 0.15) is 26.3 Å². The number of nitrogens with two attached hydrogens (primary N) is 2. The lowest BCUT2D eigenvalue weighted by molar-refractivity contribution is 0.0473. The molecule has 0 spiro atoms. The van der Waals surface area contributed by atoms with E-state index in [-0.39, 0.29) is 6.61 Å². The summed E-state index contributed by atoms with van der Waals surface area (Å²) in [5, 5.41) is 0. The van der Waals surface area contributed by atoms with Crippen LogP contribution in [0.5, 0.6) is 0 Å². The Morgan fingerprint density at radius 2 is 1.76 bits per heavy atom. The SMILES string of the molecule is NC(=O)c1ccc(COC(=O)c2cc(Br)ccc2N)cc1. The number of rotatable bonds is 4. The lowest BCUT2D eigenvalue weighted by Crippen LogP contribution is -2.11. The Morgan fingerprint density at radius 1 is 1.10 bits per heavy atom. The topological polar surface area (TPSA) is 95.4 Å². The van der Waals surface area contributed by atoms with Crippen molar-refractivity contribution in [1.82, 2.24) is 0 Å². The average Bonchev–Trinajstić information content (AvgIpc) is 2.47. The van der Waals surface area contributed by atoms with Crippen LogP contribution in [0.25, 0.3) is 0 Å². The summed E-state index contributed by atoms with van der Waals surface area (Å²) in [5.74, 6) is -1.01. The number of carbonyl (C=O) groups excluding carboxylic acids is 2. The van der Waals surface area contributed by atoms with Crippen LogP contribution in [-0.2, 0) is 11.3 Å². The molecule has 5 nitrogen and oxygen atoms in total. The molecule has 2 rings (SSSR count). The predicted octanol–water partition coefficient (Wildman–Crippen LogP) is 2.49. The molecule has 0 aliphatic rings. The monoisotopic (exact) mass is 348 g/mol. The molecule has 21 heavy (non-hydrogen) atoms. The van der Waals surface area contributed by atoms with Crippen molar-refractivity contribution in [2.45, 2.75) is 6.61 Å². The highest BCUT2D eigenvalue weighted by molar-refractivity contribution is 9.10. The van der Waals surface area contributed by atoms with Crippen molar-refractivity contribution in [3.8, 4) is 0 Å². The molecule has 0 saturated carbocycles. The molecule has 2 aromatic carbocycles. The van der Waals surface area contributed by atoms with E-state index in [1.807, 2.05) is 0 Å². The first kappa shape index (κ1) is 15.1. The van der Waals surface area contributed by atoms with E-state index < -0.39 is 11.9 Å². The Balaban J connectivity index is 2.04. The van der Waals surface area contributed by atoms with Crippen LogP contribution in [0, 0.1) is 0 Å². The van der Waals surface area contributed by atoms with Crippen LogP contribution in [0.4, 0.5) is 5.69 Å². The standard InChI is InChI=1S/C15H13BrN2O3/c16-11-5-6-13(17)12(7-11)15(20)21-8-9-1-3-10(4-2-9)14(18)19/h1-7H,8,17H2,(H2,18,19). The van der Waals surface area contributed by atoms with E-state index in [0.29, 0.717) is 16.8 Å². The molecule has 6 heteroatoms. The summed E-state index contributed by atoms with van der Waals surface area (Å²) in [6.45, 7) is 0.0871. The highest BCUT2D eigenvalue weighted by Crippen LogP contribution is 2.19. The number of carbonyl (C=O) groups is 2. The second-order valence-electron chi connectivity index (χ2n) is 4.37. The first-order chi connectivity index (χ1) is 9.97. The van der Waals surface area contributed by atoms with Gasteiger partial charge in [0.15, 0.2) is 0 Å². The Kier molecular flexibility index (Phi) is 4.59. The van der Waals surface area contributed by atoms with E-state index in [1.165, 1.54) is 0 Å². The second kappa shape index (κ2) is 6.41. The maximum absolute atomic E-state index is 12.0. The zero-order valence-corrected chi connectivity index (χ0v) is 12.6. The number of benzene rings is 2. The maximum Gasteiger partial charge on any atom is 0.340 e. The second-order valence-corrected chi connectivity index (χ2v) is 5.28. The minimum absolute atomic E-state index is 0.0871. The molecule has 0 aliphatic carbocycles. The number of hydrogen-bond acceptors (Lipinski definition) is 4. The van der Waals surface area contributed by atoms with Gasteiger partial charge in [-0.25, -0.2) is 4.79 Å². The smallest absolute Gasteiger partial charge is 0.340 e. The summed E-state index contributed by atoms with van der Waals surface area (Å²) in [4.78, 5) is 22.9. The third kappa shape index (κ3) is 3.82. The Labute approximate surface area is 130 Å². The van der Waals surface area contributed by atoms with Crippen molar-refractivity contribution in [2.24, 2.45) is 5.73 Å². The van der Waals surface area contributed by atoms with E-state index in [2.05, 4.69) is 15.9 Å². The van der Waals surface area contributed by atoms with Gasteiger partial charge in [-0.15, -0.1) is 0 Å². The van der Waals surface area contributed by atoms with Gasteiger partial charge in [0.05, 0.1) is 5.56 Å². The molecule has 0 radical (unpaired) electrons. The molecule has 0 saturated heterocycles. The number of nitrogen functional groups attached to an aromatic ring is 1. The van der Waals surface area contributed by atoms with Gasteiger partial charge in [-0.1, -0.05) is 28.1 Å². The number of ether oxygens (including phenoxy) is 1. The Bertz CT molecular complexity index is 684. The summed E-state index contributed by atoms with van der Waals surface area (Å²) in [6.07, 6.45) is 0. The van der Waals surface area contributed by atoms with Gasteiger partial charge in [0, 0.05) is 15.7 Å². The number of hydrogen-bond donors (Lipinski definition) is 2. The highest BCUT2D eigenvalue weighted by Gasteiger charge is 2.12. The molecule has 0 unspecified atom stereocenters. The molecular weight excluding hydrogens is 336 g/mol.